The van der Waals surface area contributed by atoms with Crippen LogP contribution in [0.2, 0.25) is 0 Å². The average Bonchev–Trinajstić information content (AvgIpc) is 4.07. The maximum absolute atomic E-state index is 13.5. The fourth-order valence-corrected chi connectivity index (χ4v) is 9.15. The number of alkyl carbamates (subject to hydrolysis) is 1. The smallest absolute Gasteiger partial charge is 0.407 e. The third kappa shape index (κ3) is 7.39. The van der Waals surface area contributed by atoms with E-state index in [0.717, 1.165) is 83.0 Å². The zero-order valence-corrected chi connectivity index (χ0v) is 31.6. The molecule has 3 aliphatic rings. The monoisotopic (exact) mass is 739 g/mol. The van der Waals surface area contributed by atoms with Crippen LogP contribution in [0, 0.1) is 23.7 Å². The fourth-order valence-electron chi connectivity index (χ4n) is 9.15. The lowest BCUT2D eigenvalue weighted by Gasteiger charge is -2.30. The normalized spacial score (nSPS) is 22.2. The van der Waals surface area contributed by atoms with Gasteiger partial charge in [-0.25, -0.2) is 14.8 Å². The Morgan fingerprint density at radius 2 is 1.40 bits per heavy atom. The van der Waals surface area contributed by atoms with E-state index >= 15 is 0 Å². The van der Waals surface area contributed by atoms with Crippen LogP contribution in [0.25, 0.3) is 33.6 Å². The SMILES string of the molecule is COC(=O)N[C@H](C(=O)N1CCC[C@H]1c1ncc(-c2ccc(-c3ccc(-c4cnc([C@@H]5C6CCC(C6)[C@H]5C(=O)NCc5ccccc5)[nH]4)cc3)cc2)[nH]1)C(C)C. The zero-order valence-electron chi connectivity index (χ0n) is 31.6. The molecule has 8 rings (SSSR count). The number of likely N-dealkylation sites (tertiary alicyclic amines) is 1. The Balaban J connectivity index is 0.918. The molecule has 11 heteroatoms. The zero-order chi connectivity index (χ0) is 38.1. The van der Waals surface area contributed by atoms with Gasteiger partial charge in [-0.2, -0.15) is 0 Å². The summed E-state index contributed by atoms with van der Waals surface area (Å²) >= 11 is 0. The number of nitrogens with one attached hydrogen (secondary N) is 4. The summed E-state index contributed by atoms with van der Waals surface area (Å²) in [5.74, 6) is 2.53. The number of ether oxygens (including phenoxy) is 1. The van der Waals surface area contributed by atoms with Crippen molar-refractivity contribution in [3.63, 3.8) is 0 Å². The van der Waals surface area contributed by atoms with Gasteiger partial charge >= 0.3 is 6.09 Å². The van der Waals surface area contributed by atoms with Crippen LogP contribution in [0.1, 0.15) is 75.1 Å². The largest absolute Gasteiger partial charge is 0.453 e. The number of rotatable bonds is 11. The molecule has 4 N–H and O–H groups in total. The molecule has 2 unspecified atom stereocenters. The predicted molar refractivity (Wildman–Crippen MR) is 210 cm³/mol. The van der Waals surface area contributed by atoms with E-state index in [0.29, 0.717) is 24.9 Å². The molecule has 1 aliphatic heterocycles. The van der Waals surface area contributed by atoms with Crippen LogP contribution < -0.4 is 10.6 Å². The Kier molecular flexibility index (Phi) is 10.3. The molecule has 2 bridgehead atoms. The van der Waals surface area contributed by atoms with Crippen molar-refractivity contribution in [3.05, 3.63) is 108 Å². The van der Waals surface area contributed by atoms with Gasteiger partial charge in [0.05, 0.1) is 42.9 Å². The predicted octanol–water partition coefficient (Wildman–Crippen LogP) is 7.62. The van der Waals surface area contributed by atoms with Crippen molar-refractivity contribution in [3.8, 4) is 33.6 Å². The molecule has 55 heavy (non-hydrogen) atoms. The first-order chi connectivity index (χ1) is 26.8. The van der Waals surface area contributed by atoms with Gasteiger partial charge in [0.1, 0.15) is 17.7 Å². The molecule has 2 aliphatic carbocycles. The maximum Gasteiger partial charge on any atom is 0.407 e. The van der Waals surface area contributed by atoms with Crippen molar-refractivity contribution < 1.29 is 19.1 Å². The number of nitrogens with zero attached hydrogens (tertiary/aromatic N) is 3. The van der Waals surface area contributed by atoms with Crippen molar-refractivity contribution in [2.24, 2.45) is 23.7 Å². The molecule has 2 saturated carbocycles. The van der Waals surface area contributed by atoms with Crippen molar-refractivity contribution >= 4 is 17.9 Å². The number of aromatic nitrogens is 4. The Labute approximate surface area is 321 Å². The lowest BCUT2D eigenvalue weighted by atomic mass is 9.78. The molecule has 2 aromatic heterocycles. The molecule has 3 fully saturated rings. The van der Waals surface area contributed by atoms with Crippen LogP contribution in [0.3, 0.4) is 0 Å². The number of hydrogen-bond acceptors (Lipinski definition) is 6. The van der Waals surface area contributed by atoms with Gasteiger partial charge in [-0.1, -0.05) is 92.7 Å². The highest BCUT2D eigenvalue weighted by molar-refractivity contribution is 5.86. The van der Waals surface area contributed by atoms with E-state index < -0.39 is 12.1 Å². The van der Waals surface area contributed by atoms with E-state index in [1.54, 1.807) is 0 Å². The Morgan fingerprint density at radius 3 is 2.04 bits per heavy atom. The number of benzene rings is 3. The molecule has 3 aromatic carbocycles. The van der Waals surface area contributed by atoms with Gasteiger partial charge in [0.25, 0.3) is 0 Å². The minimum absolute atomic E-state index is 0.0546. The first-order valence-corrected chi connectivity index (χ1v) is 19.5. The molecular weight excluding hydrogens is 691 g/mol. The van der Waals surface area contributed by atoms with Crippen molar-refractivity contribution in [2.45, 2.75) is 70.5 Å². The van der Waals surface area contributed by atoms with E-state index in [2.05, 4.69) is 74.1 Å². The van der Waals surface area contributed by atoms with Gasteiger partial charge in [-0.15, -0.1) is 0 Å². The van der Waals surface area contributed by atoms with Gasteiger partial charge in [-0.3, -0.25) is 9.59 Å². The number of carbonyl (C=O) groups is 3. The number of methoxy groups -OCH3 is 1. The summed E-state index contributed by atoms with van der Waals surface area (Å²) in [5.41, 5.74) is 7.20. The number of hydrogen-bond donors (Lipinski definition) is 4. The number of imidazole rings is 2. The number of carbonyl (C=O) groups excluding carboxylic acids is 3. The van der Waals surface area contributed by atoms with Crippen molar-refractivity contribution in [2.75, 3.05) is 13.7 Å². The Bertz CT molecular complexity index is 2120. The van der Waals surface area contributed by atoms with E-state index in [-0.39, 0.29) is 35.6 Å². The highest BCUT2D eigenvalue weighted by Gasteiger charge is 2.52. The third-order valence-corrected chi connectivity index (χ3v) is 12.0. The van der Waals surface area contributed by atoms with Crippen LogP contribution in [-0.4, -0.2) is 62.4 Å². The summed E-state index contributed by atoms with van der Waals surface area (Å²) < 4.78 is 4.76. The quantitative estimate of drug-likeness (QED) is 0.110. The highest BCUT2D eigenvalue weighted by Crippen LogP contribution is 2.56. The van der Waals surface area contributed by atoms with Gasteiger partial charge in [0, 0.05) is 19.0 Å². The minimum atomic E-state index is -0.675. The Hall–Kier alpha value is -5.71. The standard InChI is InChI=1S/C44H49N7O4/c1-26(2)39(50-44(54)55-3)43(53)51-21-7-10-36(51)40-45-24-34(48-40)30-15-11-28(12-16-30)29-13-17-31(18-14-29)35-25-46-41(49-35)37-32-19-20-33(22-32)38(37)42(52)47-23-27-8-5-4-6-9-27/h4-6,8-9,11-18,24-26,32-33,36-39H,7,10,19-23H2,1-3H3,(H,45,48)(H,46,49)(H,47,52)(H,50,54)/t32?,33?,36-,37+,38+,39-/m0/s1. The molecule has 0 spiro atoms. The van der Waals surface area contributed by atoms with Gasteiger partial charge in [0.2, 0.25) is 11.8 Å². The molecule has 284 valence electrons. The van der Waals surface area contributed by atoms with Crippen molar-refractivity contribution in [1.82, 2.24) is 35.5 Å². The second-order valence-corrected chi connectivity index (χ2v) is 15.7. The summed E-state index contributed by atoms with van der Waals surface area (Å²) in [7, 11) is 1.30. The number of H-pyrrole nitrogens is 2. The first-order valence-electron chi connectivity index (χ1n) is 19.5. The molecule has 5 aromatic rings. The highest BCUT2D eigenvalue weighted by atomic mass is 16.5. The summed E-state index contributed by atoms with van der Waals surface area (Å²) in [6, 6.07) is 26.1. The molecule has 3 amide bonds. The van der Waals surface area contributed by atoms with E-state index in [4.69, 9.17) is 9.72 Å². The Morgan fingerprint density at radius 1 is 0.800 bits per heavy atom. The van der Waals surface area contributed by atoms with Crippen LogP contribution in [-0.2, 0) is 20.9 Å². The van der Waals surface area contributed by atoms with Gasteiger partial charge in [0.15, 0.2) is 0 Å². The second-order valence-electron chi connectivity index (χ2n) is 15.7. The molecule has 11 nitrogen and oxygen atoms in total. The topological polar surface area (TPSA) is 145 Å². The molecule has 1 saturated heterocycles. The fraction of sp³-hybridized carbons (Fsp3) is 0.386. The third-order valence-electron chi connectivity index (χ3n) is 12.0. The van der Waals surface area contributed by atoms with E-state index in [1.807, 2.05) is 61.5 Å². The first kappa shape index (κ1) is 36.3. The van der Waals surface area contributed by atoms with Crippen LogP contribution in [0.15, 0.2) is 91.3 Å². The van der Waals surface area contributed by atoms with Gasteiger partial charge in [-0.05, 0) is 77.7 Å². The number of fused-ring (bicyclic) bond motifs is 2. The van der Waals surface area contributed by atoms with Crippen molar-refractivity contribution in [1.29, 1.82) is 0 Å². The molecular formula is C44H49N7O4. The molecule has 0 radical (unpaired) electrons. The van der Waals surface area contributed by atoms with E-state index in [1.165, 1.54) is 7.11 Å². The number of aromatic amines is 2. The lowest BCUT2D eigenvalue weighted by Crippen LogP contribution is -2.51. The summed E-state index contributed by atoms with van der Waals surface area (Å²) in [6.45, 7) is 4.97. The summed E-state index contributed by atoms with van der Waals surface area (Å²) in [4.78, 5) is 57.4. The summed E-state index contributed by atoms with van der Waals surface area (Å²) in [6.07, 6.45) is 8.13. The van der Waals surface area contributed by atoms with Gasteiger partial charge < -0.3 is 30.2 Å². The minimum Gasteiger partial charge on any atom is -0.453 e. The summed E-state index contributed by atoms with van der Waals surface area (Å²) in [5, 5.41) is 5.92. The lowest BCUT2D eigenvalue weighted by molar-refractivity contribution is -0.135. The van der Waals surface area contributed by atoms with Crippen LogP contribution in [0.5, 0.6) is 0 Å². The van der Waals surface area contributed by atoms with E-state index in [9.17, 15) is 14.4 Å². The van der Waals surface area contributed by atoms with Crippen LogP contribution in [0.4, 0.5) is 4.79 Å². The maximum atomic E-state index is 13.5. The van der Waals surface area contributed by atoms with Crippen LogP contribution >= 0.6 is 0 Å². The average molecular weight is 740 g/mol. The second kappa shape index (κ2) is 15.6. The molecule has 6 atom stereocenters. The molecule has 3 heterocycles. The number of amides is 3.